The first-order chi connectivity index (χ1) is 19.0. The molecule has 0 aliphatic heterocycles. The Balaban J connectivity index is 1.83. The van der Waals surface area contributed by atoms with Crippen LogP contribution in [0.15, 0.2) is 15.1 Å². The number of fused-ring (bicyclic) bond motifs is 1. The van der Waals surface area contributed by atoms with Gasteiger partial charge in [-0.1, -0.05) is 129 Å². The smallest absolute Gasteiger partial charge is 0.232 e. The normalized spacial score (nSPS) is 12.4. The van der Waals surface area contributed by atoms with Gasteiger partial charge in [-0.3, -0.25) is 0 Å². The molecule has 0 saturated heterocycles. The summed E-state index contributed by atoms with van der Waals surface area (Å²) < 4.78 is 34.3. The van der Waals surface area contributed by atoms with Crippen molar-refractivity contribution in [2.75, 3.05) is 6.61 Å². The molecule has 1 aromatic carbocycles. The minimum Gasteiger partial charge on any atom is -0.476 e. The van der Waals surface area contributed by atoms with Gasteiger partial charge < -0.3 is 4.74 Å². The van der Waals surface area contributed by atoms with E-state index in [4.69, 9.17) is 4.74 Å². The van der Waals surface area contributed by atoms with E-state index in [2.05, 4.69) is 55.7 Å². The van der Waals surface area contributed by atoms with Gasteiger partial charge in [0.2, 0.25) is 5.88 Å². The van der Waals surface area contributed by atoms with Crippen LogP contribution in [-0.2, 0) is 0 Å². The fraction of sp³-hybridized carbons (Fsp3) is 0.750. The highest BCUT2D eigenvalue weighted by Gasteiger charge is 2.20. The minimum absolute atomic E-state index is 0.0224. The standard InChI is InChI=1S/C32H50Br2F2N2O/c1-3-5-7-9-11-13-14-16-18-20-22-25(21-19-17-15-12-10-8-6-4-2)24-39-26-23-37-31-27(33)29(35)30(36)28(34)32(31)38-26/h23,25H,3-22,24H2,1-2H3. The van der Waals surface area contributed by atoms with Crippen LogP contribution in [-0.4, -0.2) is 16.6 Å². The van der Waals surface area contributed by atoms with Gasteiger partial charge in [-0.05, 0) is 50.6 Å². The topological polar surface area (TPSA) is 35.0 Å². The second-order valence-corrected chi connectivity index (χ2v) is 12.7. The molecule has 1 unspecified atom stereocenters. The van der Waals surface area contributed by atoms with Gasteiger partial charge in [-0.2, -0.15) is 0 Å². The molecule has 0 aliphatic carbocycles. The SMILES string of the molecule is CCCCCCCCCCCCC(CCCCCCCCCC)COc1cnc2c(Br)c(F)c(F)c(Br)c2n1. The average molecular weight is 677 g/mol. The van der Waals surface area contributed by atoms with Crippen LogP contribution < -0.4 is 4.74 Å². The van der Waals surface area contributed by atoms with Crippen molar-refractivity contribution in [2.24, 2.45) is 5.92 Å². The molecule has 0 spiro atoms. The number of halogens is 4. The first-order valence-electron chi connectivity index (χ1n) is 15.6. The van der Waals surface area contributed by atoms with Crippen molar-refractivity contribution in [1.82, 2.24) is 9.97 Å². The Hall–Kier alpha value is -0.820. The third kappa shape index (κ3) is 13.1. The summed E-state index contributed by atoms with van der Waals surface area (Å²) in [5, 5.41) is 0. The van der Waals surface area contributed by atoms with Crippen LogP contribution in [0.2, 0.25) is 0 Å². The second kappa shape index (κ2) is 21.0. The van der Waals surface area contributed by atoms with Crippen molar-refractivity contribution in [3.8, 4) is 5.88 Å². The molecule has 7 heteroatoms. The summed E-state index contributed by atoms with van der Waals surface area (Å²) in [5.74, 6) is -1.13. The average Bonchev–Trinajstić information content (AvgIpc) is 2.95. The lowest BCUT2D eigenvalue weighted by Gasteiger charge is -2.18. The van der Waals surface area contributed by atoms with Crippen molar-refractivity contribution in [3.05, 3.63) is 26.8 Å². The molecule has 1 aromatic heterocycles. The first-order valence-corrected chi connectivity index (χ1v) is 17.2. The van der Waals surface area contributed by atoms with Gasteiger partial charge in [0.05, 0.1) is 21.7 Å². The van der Waals surface area contributed by atoms with Crippen LogP contribution in [0.4, 0.5) is 8.78 Å². The summed E-state index contributed by atoms with van der Waals surface area (Å²) in [6.45, 7) is 5.11. The molecule has 0 saturated carbocycles. The van der Waals surface area contributed by atoms with E-state index in [0.717, 1.165) is 12.8 Å². The minimum atomic E-state index is -0.977. The van der Waals surface area contributed by atoms with Gasteiger partial charge in [0.15, 0.2) is 11.6 Å². The van der Waals surface area contributed by atoms with Gasteiger partial charge in [-0.25, -0.2) is 18.7 Å². The molecule has 0 radical (unpaired) electrons. The van der Waals surface area contributed by atoms with Crippen LogP contribution in [0.3, 0.4) is 0 Å². The lowest BCUT2D eigenvalue weighted by Crippen LogP contribution is -2.13. The Morgan fingerprint density at radius 3 is 1.51 bits per heavy atom. The van der Waals surface area contributed by atoms with Gasteiger partial charge in [-0.15, -0.1) is 0 Å². The number of rotatable bonds is 23. The zero-order valence-electron chi connectivity index (χ0n) is 24.3. The van der Waals surface area contributed by atoms with Crippen LogP contribution in [0.25, 0.3) is 11.0 Å². The Bertz CT molecular complexity index is 944. The number of nitrogens with zero attached hydrogens (tertiary/aromatic N) is 2. The zero-order chi connectivity index (χ0) is 28.3. The number of benzene rings is 1. The van der Waals surface area contributed by atoms with E-state index in [0.29, 0.717) is 18.4 Å². The van der Waals surface area contributed by atoms with E-state index in [9.17, 15) is 8.78 Å². The third-order valence-corrected chi connectivity index (χ3v) is 9.09. The number of aromatic nitrogens is 2. The van der Waals surface area contributed by atoms with Gasteiger partial charge in [0, 0.05) is 0 Å². The molecule has 222 valence electrons. The highest BCUT2D eigenvalue weighted by Crippen LogP contribution is 2.34. The molecule has 2 rings (SSSR count). The Morgan fingerprint density at radius 1 is 0.641 bits per heavy atom. The predicted molar refractivity (Wildman–Crippen MR) is 168 cm³/mol. The quantitative estimate of drug-likeness (QED) is 0.0668. The number of hydrogen-bond acceptors (Lipinski definition) is 3. The molecule has 1 atom stereocenters. The monoisotopic (exact) mass is 674 g/mol. The van der Waals surface area contributed by atoms with Gasteiger partial charge in [0.25, 0.3) is 0 Å². The molecule has 1 heterocycles. The molecule has 0 N–H and O–H groups in total. The van der Waals surface area contributed by atoms with Crippen LogP contribution in [0, 0.1) is 17.6 Å². The summed E-state index contributed by atoms with van der Waals surface area (Å²) in [6.07, 6.45) is 27.7. The molecule has 39 heavy (non-hydrogen) atoms. The van der Waals surface area contributed by atoms with Crippen LogP contribution >= 0.6 is 31.9 Å². The fourth-order valence-corrected chi connectivity index (χ4v) is 6.07. The Morgan fingerprint density at radius 2 is 1.05 bits per heavy atom. The number of hydrogen-bond donors (Lipinski definition) is 0. The first kappa shape index (κ1) is 34.4. The maximum Gasteiger partial charge on any atom is 0.232 e. The maximum absolute atomic E-state index is 14.2. The molecule has 3 nitrogen and oxygen atoms in total. The van der Waals surface area contributed by atoms with E-state index in [1.54, 1.807) is 0 Å². The van der Waals surface area contributed by atoms with Crippen LogP contribution in [0.1, 0.15) is 142 Å². The molecular formula is C32H50Br2F2N2O. The summed E-state index contributed by atoms with van der Waals surface area (Å²) >= 11 is 6.23. The van der Waals surface area contributed by atoms with E-state index in [1.165, 1.54) is 122 Å². The van der Waals surface area contributed by atoms with Crippen molar-refractivity contribution in [3.63, 3.8) is 0 Å². The molecule has 0 aliphatic rings. The lowest BCUT2D eigenvalue weighted by molar-refractivity contribution is 0.217. The molecule has 0 bridgehead atoms. The highest BCUT2D eigenvalue weighted by molar-refractivity contribution is 9.11. The third-order valence-electron chi connectivity index (χ3n) is 7.64. The Labute approximate surface area is 252 Å². The van der Waals surface area contributed by atoms with Crippen molar-refractivity contribution < 1.29 is 13.5 Å². The van der Waals surface area contributed by atoms with E-state index in [-0.39, 0.29) is 20.0 Å². The zero-order valence-corrected chi connectivity index (χ0v) is 27.5. The predicted octanol–water partition coefficient (Wildman–Crippen LogP) is 12.3. The van der Waals surface area contributed by atoms with E-state index < -0.39 is 11.6 Å². The molecule has 0 fully saturated rings. The molecule has 0 amide bonds. The summed E-state index contributed by atoms with van der Waals surface area (Å²) in [4.78, 5) is 8.74. The van der Waals surface area contributed by atoms with Gasteiger partial charge in [0.1, 0.15) is 11.0 Å². The fourth-order valence-electron chi connectivity index (χ4n) is 5.16. The van der Waals surface area contributed by atoms with E-state index >= 15 is 0 Å². The largest absolute Gasteiger partial charge is 0.476 e. The maximum atomic E-state index is 14.2. The highest BCUT2D eigenvalue weighted by atomic mass is 79.9. The summed E-state index contributed by atoms with van der Waals surface area (Å²) in [7, 11) is 0. The summed E-state index contributed by atoms with van der Waals surface area (Å²) in [6, 6.07) is 0. The Kier molecular flexibility index (Phi) is 18.5. The van der Waals surface area contributed by atoms with Gasteiger partial charge >= 0.3 is 0 Å². The molecular weight excluding hydrogens is 626 g/mol. The van der Waals surface area contributed by atoms with Crippen molar-refractivity contribution >= 4 is 42.9 Å². The second-order valence-electron chi connectivity index (χ2n) is 11.1. The number of ether oxygens (including phenoxy) is 1. The lowest BCUT2D eigenvalue weighted by atomic mass is 9.94. The van der Waals surface area contributed by atoms with E-state index in [1.807, 2.05) is 0 Å². The molecule has 2 aromatic rings. The summed E-state index contributed by atoms with van der Waals surface area (Å²) in [5.41, 5.74) is 0.529. The van der Waals surface area contributed by atoms with Crippen molar-refractivity contribution in [1.29, 1.82) is 0 Å². The number of unbranched alkanes of at least 4 members (excludes halogenated alkanes) is 16. The van der Waals surface area contributed by atoms with Crippen molar-refractivity contribution in [2.45, 2.75) is 142 Å². The van der Waals surface area contributed by atoms with Crippen LogP contribution in [0.5, 0.6) is 5.88 Å².